The van der Waals surface area contributed by atoms with Crippen molar-refractivity contribution in [2.24, 2.45) is 0 Å². The fourth-order valence-electron chi connectivity index (χ4n) is 3.74. The molecule has 148 valence electrons. The van der Waals surface area contributed by atoms with Gasteiger partial charge in [-0.2, -0.15) is 5.26 Å². The van der Waals surface area contributed by atoms with Gasteiger partial charge in [0, 0.05) is 18.7 Å². The third kappa shape index (κ3) is 4.23. The SMILES string of the molecule is N#Cc1cc(C=CCCNC(=O)OCC2c3ccccc3-c3ccccc32)ccn1. The van der Waals surface area contributed by atoms with Crippen LogP contribution < -0.4 is 5.32 Å². The molecule has 30 heavy (non-hydrogen) atoms. The first-order valence-electron chi connectivity index (χ1n) is 9.88. The molecule has 0 spiro atoms. The van der Waals surface area contributed by atoms with Gasteiger partial charge in [-0.3, -0.25) is 0 Å². The topological polar surface area (TPSA) is 75.0 Å². The number of aromatic nitrogens is 1. The first-order chi connectivity index (χ1) is 14.8. The van der Waals surface area contributed by atoms with Gasteiger partial charge in [0.05, 0.1) is 0 Å². The molecule has 5 heteroatoms. The molecule has 0 bridgehead atoms. The summed E-state index contributed by atoms with van der Waals surface area (Å²) in [5, 5.41) is 11.7. The zero-order valence-electron chi connectivity index (χ0n) is 16.4. The molecule has 0 saturated carbocycles. The van der Waals surface area contributed by atoms with Crippen LogP contribution in [0.1, 0.15) is 34.7 Å². The third-order valence-corrected chi connectivity index (χ3v) is 5.13. The predicted molar refractivity (Wildman–Crippen MR) is 116 cm³/mol. The molecule has 1 amide bonds. The zero-order valence-corrected chi connectivity index (χ0v) is 16.4. The van der Waals surface area contributed by atoms with E-state index in [1.807, 2.05) is 48.6 Å². The molecule has 0 fully saturated rings. The Labute approximate surface area is 175 Å². The van der Waals surface area contributed by atoms with E-state index in [1.54, 1.807) is 12.3 Å². The van der Waals surface area contributed by atoms with Gasteiger partial charge in [0.25, 0.3) is 0 Å². The predicted octanol–water partition coefficient (Wildman–Crippen LogP) is 4.90. The van der Waals surface area contributed by atoms with Gasteiger partial charge in [0.2, 0.25) is 0 Å². The van der Waals surface area contributed by atoms with E-state index in [9.17, 15) is 4.79 Å². The average Bonchev–Trinajstić information content (AvgIpc) is 3.11. The van der Waals surface area contributed by atoms with Crippen molar-refractivity contribution in [3.8, 4) is 17.2 Å². The number of nitrogens with one attached hydrogen (secondary N) is 1. The second kappa shape index (κ2) is 9.06. The van der Waals surface area contributed by atoms with E-state index >= 15 is 0 Å². The Hall–Kier alpha value is -3.91. The van der Waals surface area contributed by atoms with E-state index in [-0.39, 0.29) is 5.92 Å². The number of carbonyl (C=O) groups excluding carboxylic acids is 1. The Morgan fingerprint density at radius 2 is 1.80 bits per heavy atom. The second-order valence-corrected chi connectivity index (χ2v) is 7.03. The number of pyridine rings is 1. The summed E-state index contributed by atoms with van der Waals surface area (Å²) in [6.07, 6.45) is 5.70. The summed E-state index contributed by atoms with van der Waals surface area (Å²) in [5.41, 5.74) is 6.11. The monoisotopic (exact) mass is 395 g/mol. The van der Waals surface area contributed by atoms with E-state index in [4.69, 9.17) is 10.00 Å². The molecule has 2 aromatic carbocycles. The van der Waals surface area contributed by atoms with Gasteiger partial charge < -0.3 is 10.1 Å². The Kier molecular flexibility index (Phi) is 5.86. The number of ether oxygens (including phenoxy) is 1. The van der Waals surface area contributed by atoms with Crippen LogP contribution in [-0.2, 0) is 4.74 Å². The van der Waals surface area contributed by atoms with Crippen molar-refractivity contribution >= 4 is 12.2 Å². The maximum absolute atomic E-state index is 12.1. The number of hydrogen-bond donors (Lipinski definition) is 1. The summed E-state index contributed by atoms with van der Waals surface area (Å²) < 4.78 is 5.52. The lowest BCUT2D eigenvalue weighted by Gasteiger charge is -2.14. The molecule has 0 radical (unpaired) electrons. The molecule has 0 aliphatic heterocycles. The van der Waals surface area contributed by atoms with Crippen LogP contribution in [0.2, 0.25) is 0 Å². The molecule has 0 saturated heterocycles. The fraction of sp³-hybridized carbons (Fsp3) is 0.160. The molecule has 1 heterocycles. The summed E-state index contributed by atoms with van der Waals surface area (Å²) in [6.45, 7) is 0.785. The summed E-state index contributed by atoms with van der Waals surface area (Å²) in [6, 6.07) is 22.1. The van der Waals surface area contributed by atoms with Gasteiger partial charge >= 0.3 is 6.09 Å². The van der Waals surface area contributed by atoms with Gasteiger partial charge in [0.15, 0.2) is 0 Å². The van der Waals surface area contributed by atoms with Gasteiger partial charge in [-0.15, -0.1) is 0 Å². The number of rotatable bonds is 6. The molecule has 4 rings (SSSR count). The molecular weight excluding hydrogens is 374 g/mol. The second-order valence-electron chi connectivity index (χ2n) is 7.03. The van der Waals surface area contributed by atoms with Crippen LogP contribution in [0.3, 0.4) is 0 Å². The number of nitriles is 1. The van der Waals surface area contributed by atoms with E-state index in [1.165, 1.54) is 22.3 Å². The zero-order chi connectivity index (χ0) is 20.8. The lowest BCUT2D eigenvalue weighted by molar-refractivity contribution is 0.143. The van der Waals surface area contributed by atoms with Gasteiger partial charge in [-0.1, -0.05) is 60.7 Å². The van der Waals surface area contributed by atoms with E-state index < -0.39 is 6.09 Å². The third-order valence-electron chi connectivity index (χ3n) is 5.13. The highest BCUT2D eigenvalue weighted by molar-refractivity contribution is 5.79. The van der Waals surface area contributed by atoms with Crippen LogP contribution >= 0.6 is 0 Å². The smallest absolute Gasteiger partial charge is 0.407 e. The number of amides is 1. The molecule has 1 aliphatic rings. The highest BCUT2D eigenvalue weighted by atomic mass is 16.5. The van der Waals surface area contributed by atoms with E-state index in [2.05, 4.69) is 34.6 Å². The summed E-state index contributed by atoms with van der Waals surface area (Å²) in [7, 11) is 0. The molecule has 1 aromatic heterocycles. The van der Waals surface area contributed by atoms with Crippen molar-refractivity contribution in [3.05, 3.63) is 95.3 Å². The van der Waals surface area contributed by atoms with Crippen molar-refractivity contribution in [2.45, 2.75) is 12.3 Å². The van der Waals surface area contributed by atoms with Crippen LogP contribution in [0.4, 0.5) is 4.79 Å². The lowest BCUT2D eigenvalue weighted by Crippen LogP contribution is -2.26. The summed E-state index contributed by atoms with van der Waals surface area (Å²) >= 11 is 0. The van der Waals surface area contributed by atoms with Crippen LogP contribution in [0.5, 0.6) is 0 Å². The number of fused-ring (bicyclic) bond motifs is 3. The van der Waals surface area contributed by atoms with Crippen molar-refractivity contribution in [3.63, 3.8) is 0 Å². The molecule has 1 aliphatic carbocycles. The number of benzene rings is 2. The van der Waals surface area contributed by atoms with Gasteiger partial charge in [-0.05, 0) is 46.4 Å². The number of alkyl carbamates (subject to hydrolysis) is 1. The maximum Gasteiger partial charge on any atom is 0.407 e. The number of nitrogens with zero attached hydrogens (tertiary/aromatic N) is 2. The molecule has 0 atom stereocenters. The Balaban J connectivity index is 1.27. The quantitative estimate of drug-likeness (QED) is 0.603. The average molecular weight is 395 g/mol. The van der Waals surface area contributed by atoms with Crippen molar-refractivity contribution in [2.75, 3.05) is 13.2 Å². The van der Waals surface area contributed by atoms with E-state index in [0.29, 0.717) is 25.3 Å². The maximum atomic E-state index is 12.1. The lowest BCUT2D eigenvalue weighted by atomic mass is 9.98. The number of hydrogen-bond acceptors (Lipinski definition) is 4. The van der Waals surface area contributed by atoms with Crippen LogP contribution in [0, 0.1) is 11.3 Å². The first kappa shape index (κ1) is 19.4. The minimum Gasteiger partial charge on any atom is -0.449 e. The largest absolute Gasteiger partial charge is 0.449 e. The van der Waals surface area contributed by atoms with Crippen LogP contribution in [0.25, 0.3) is 17.2 Å². The van der Waals surface area contributed by atoms with Gasteiger partial charge in [0.1, 0.15) is 18.4 Å². The van der Waals surface area contributed by atoms with E-state index in [0.717, 1.165) is 5.56 Å². The van der Waals surface area contributed by atoms with Crippen molar-refractivity contribution in [1.29, 1.82) is 5.26 Å². The normalized spacial score (nSPS) is 12.2. The van der Waals surface area contributed by atoms with Crippen molar-refractivity contribution in [1.82, 2.24) is 10.3 Å². The summed E-state index contributed by atoms with van der Waals surface area (Å²) in [5.74, 6) is 0.0593. The molecule has 0 unspecified atom stereocenters. The molecule has 1 N–H and O–H groups in total. The minimum absolute atomic E-state index is 0.0593. The molecule has 3 aromatic rings. The first-order valence-corrected chi connectivity index (χ1v) is 9.88. The Morgan fingerprint density at radius 1 is 1.10 bits per heavy atom. The highest BCUT2D eigenvalue weighted by Gasteiger charge is 2.28. The molecule has 5 nitrogen and oxygen atoms in total. The minimum atomic E-state index is -0.416. The highest BCUT2D eigenvalue weighted by Crippen LogP contribution is 2.44. The van der Waals surface area contributed by atoms with Crippen LogP contribution in [0.15, 0.2) is 72.9 Å². The fourth-order valence-corrected chi connectivity index (χ4v) is 3.74. The number of carbonyl (C=O) groups is 1. The molecular formula is C25H21N3O2. The summed E-state index contributed by atoms with van der Waals surface area (Å²) in [4.78, 5) is 16.1. The van der Waals surface area contributed by atoms with Crippen molar-refractivity contribution < 1.29 is 9.53 Å². The van der Waals surface area contributed by atoms with Gasteiger partial charge in [-0.25, -0.2) is 9.78 Å². The van der Waals surface area contributed by atoms with Crippen LogP contribution in [-0.4, -0.2) is 24.2 Å². The standard InChI is InChI=1S/C25H21N3O2/c26-16-19-15-18(12-14-27-19)7-5-6-13-28-25(29)30-17-24-22-10-3-1-8-20(22)21-9-2-4-11-23(21)24/h1-5,7-12,14-15,24H,6,13,17H2,(H,28,29). The Bertz CT molecular complexity index is 1090. The Morgan fingerprint density at radius 3 is 2.50 bits per heavy atom.